The van der Waals surface area contributed by atoms with Gasteiger partial charge >= 0.3 is 25.6 Å². The molecule has 4 rings (SSSR count). The van der Waals surface area contributed by atoms with Crippen molar-refractivity contribution in [2.75, 3.05) is 6.61 Å². The molecule has 1 saturated heterocycles. The molecule has 3 aromatic rings. The van der Waals surface area contributed by atoms with Gasteiger partial charge in [-0.2, -0.15) is 18.3 Å². The number of nitrogens with zero attached hydrogens (tertiary/aromatic N) is 1. The second-order valence-electron chi connectivity index (χ2n) is 9.83. The maximum Gasteiger partial charge on any atom is 0.459 e. The lowest BCUT2D eigenvalue weighted by Crippen LogP contribution is -2.36. The summed E-state index contributed by atoms with van der Waals surface area (Å²) in [5, 5.41) is 13.0. The molecule has 1 aliphatic heterocycles. The molecule has 12 nitrogen and oxygen atoms in total. The van der Waals surface area contributed by atoms with E-state index in [1.165, 1.54) is 24.2 Å². The van der Waals surface area contributed by atoms with Gasteiger partial charge in [0.15, 0.2) is 0 Å². The molecule has 1 aliphatic rings. The van der Waals surface area contributed by atoms with E-state index in [0.29, 0.717) is 17.7 Å². The normalized spacial score (nSPS) is 20.5. The highest BCUT2D eigenvalue weighted by atomic mass is 79.9. The maximum absolute atomic E-state index is 13.8. The molecule has 242 valence electrons. The van der Waals surface area contributed by atoms with E-state index in [4.69, 9.17) is 18.5 Å². The Morgan fingerprint density at radius 3 is 2.56 bits per heavy atom. The number of aromatic amines is 1. The SMILES string of the molecule is C[C@H](NP(=O)(OC[C@H]1O[C@@H](n2cc(/C=C/Br)c(=O)[nH]c2=O)C[C@@H]1O)Oc1ccc(C(F)(F)F)cc1)C(=O)OCc1ccccc1. The Balaban J connectivity index is 1.49. The first-order chi connectivity index (χ1) is 21.3. The molecule has 0 spiro atoms. The third-order valence-electron chi connectivity index (χ3n) is 6.50. The Kier molecular flexibility index (Phi) is 11.2. The number of carbonyl (C=O) groups excluding carboxylic acids is 1. The lowest BCUT2D eigenvalue weighted by Gasteiger charge is -2.25. The number of benzene rings is 2. The lowest BCUT2D eigenvalue weighted by molar-refractivity contribution is -0.146. The number of H-pyrrole nitrogens is 1. The van der Waals surface area contributed by atoms with Gasteiger partial charge in [0.2, 0.25) is 0 Å². The van der Waals surface area contributed by atoms with E-state index in [0.717, 1.165) is 16.7 Å². The third-order valence-corrected chi connectivity index (χ3v) is 8.41. The molecule has 0 saturated carbocycles. The van der Waals surface area contributed by atoms with E-state index < -0.39 is 67.8 Å². The van der Waals surface area contributed by atoms with Gasteiger partial charge in [-0.15, -0.1) is 0 Å². The Morgan fingerprint density at radius 1 is 1.22 bits per heavy atom. The van der Waals surface area contributed by atoms with Crippen LogP contribution in [0.4, 0.5) is 13.2 Å². The highest BCUT2D eigenvalue weighted by Gasteiger charge is 2.40. The number of carbonyl (C=O) groups is 1. The summed E-state index contributed by atoms with van der Waals surface area (Å²) < 4.78 is 76.0. The fourth-order valence-corrected chi connectivity index (χ4v) is 5.97. The Bertz CT molecular complexity index is 1670. The molecule has 1 aromatic heterocycles. The van der Waals surface area contributed by atoms with E-state index in [1.54, 1.807) is 30.3 Å². The van der Waals surface area contributed by atoms with Gasteiger partial charge in [-0.25, -0.2) is 9.36 Å². The topological polar surface area (TPSA) is 158 Å². The van der Waals surface area contributed by atoms with E-state index in [1.807, 2.05) is 0 Å². The number of alkyl halides is 3. The average Bonchev–Trinajstić information content (AvgIpc) is 3.36. The summed E-state index contributed by atoms with van der Waals surface area (Å²) in [5.74, 6) is -1.11. The number of halogens is 4. The Labute approximate surface area is 262 Å². The zero-order chi connectivity index (χ0) is 32.8. The second kappa shape index (κ2) is 14.7. The van der Waals surface area contributed by atoms with Gasteiger partial charge in [-0.1, -0.05) is 46.3 Å². The second-order valence-corrected chi connectivity index (χ2v) is 12.0. The summed E-state index contributed by atoms with van der Waals surface area (Å²) in [6.45, 7) is 0.635. The van der Waals surface area contributed by atoms with Crippen LogP contribution in [0.25, 0.3) is 6.08 Å². The number of rotatable bonds is 12. The van der Waals surface area contributed by atoms with Crippen molar-refractivity contribution in [3.05, 3.63) is 103 Å². The molecule has 0 amide bonds. The van der Waals surface area contributed by atoms with Crippen molar-refractivity contribution in [1.29, 1.82) is 0 Å². The van der Waals surface area contributed by atoms with Crippen LogP contribution in [0.5, 0.6) is 5.75 Å². The van der Waals surface area contributed by atoms with E-state index in [9.17, 15) is 37.2 Å². The van der Waals surface area contributed by atoms with Gasteiger partial charge in [0.1, 0.15) is 30.7 Å². The third kappa shape index (κ3) is 9.25. The van der Waals surface area contributed by atoms with Crippen molar-refractivity contribution in [1.82, 2.24) is 14.6 Å². The van der Waals surface area contributed by atoms with Crippen molar-refractivity contribution in [2.45, 2.75) is 50.6 Å². The number of aliphatic hydroxyl groups is 1. The van der Waals surface area contributed by atoms with Gasteiger partial charge in [0, 0.05) is 12.6 Å². The molecule has 1 fully saturated rings. The number of hydrogen-bond acceptors (Lipinski definition) is 9. The van der Waals surface area contributed by atoms with E-state index >= 15 is 0 Å². The summed E-state index contributed by atoms with van der Waals surface area (Å²) in [5.41, 5.74) is -1.61. The summed E-state index contributed by atoms with van der Waals surface area (Å²) in [4.78, 5) is 40.7. The van der Waals surface area contributed by atoms with Crippen LogP contribution < -0.4 is 20.9 Å². The van der Waals surface area contributed by atoms with Crippen LogP contribution in [-0.2, 0) is 36.1 Å². The molecular formula is C28H28BrF3N3O9P. The summed E-state index contributed by atoms with van der Waals surface area (Å²) in [6, 6.07) is 10.8. The first-order valence-corrected chi connectivity index (χ1v) is 15.8. The van der Waals surface area contributed by atoms with Crippen LogP contribution in [0.1, 0.15) is 36.3 Å². The van der Waals surface area contributed by atoms with Crippen molar-refractivity contribution in [3.8, 4) is 5.75 Å². The minimum Gasteiger partial charge on any atom is -0.460 e. The standard InChI is InChI=1S/C28H28BrF3N3O9P/c1-17(26(38)41-15-18-5-3-2-4-6-18)34-45(40,44-21-9-7-20(8-10-21)28(30,31)32)42-16-23-22(36)13-24(43-23)35-14-19(11-12-29)25(37)33-27(35)39/h2-12,14,17,22-24,36H,13,15-16H2,1H3,(H,34,40)(H,33,37,39)/b12-11+/t17-,22-,23+,24+,45?/m0/s1. The zero-order valence-electron chi connectivity index (χ0n) is 23.5. The quantitative estimate of drug-likeness (QED) is 0.180. The smallest absolute Gasteiger partial charge is 0.459 e. The molecule has 45 heavy (non-hydrogen) atoms. The summed E-state index contributed by atoms with van der Waals surface area (Å²) >= 11 is 3.05. The van der Waals surface area contributed by atoms with Crippen LogP contribution >= 0.6 is 23.7 Å². The molecule has 1 unspecified atom stereocenters. The highest BCUT2D eigenvalue weighted by Crippen LogP contribution is 2.46. The van der Waals surface area contributed by atoms with Gasteiger partial charge in [0.25, 0.3) is 5.56 Å². The molecule has 0 bridgehead atoms. The molecule has 5 atom stereocenters. The first kappa shape index (κ1) is 34.3. The monoisotopic (exact) mass is 717 g/mol. The summed E-state index contributed by atoms with van der Waals surface area (Å²) in [6.07, 6.45) is -5.56. The minimum absolute atomic E-state index is 0.0859. The number of hydrogen-bond donors (Lipinski definition) is 3. The largest absolute Gasteiger partial charge is 0.460 e. The van der Waals surface area contributed by atoms with Crippen LogP contribution in [0.2, 0.25) is 0 Å². The van der Waals surface area contributed by atoms with Crippen LogP contribution in [0, 0.1) is 0 Å². The average molecular weight is 718 g/mol. The van der Waals surface area contributed by atoms with Gasteiger partial charge in [-0.3, -0.25) is 23.7 Å². The van der Waals surface area contributed by atoms with Crippen molar-refractivity contribution >= 4 is 35.7 Å². The highest BCUT2D eigenvalue weighted by molar-refractivity contribution is 9.11. The lowest BCUT2D eigenvalue weighted by atomic mass is 10.2. The fourth-order valence-electron chi connectivity index (χ4n) is 4.19. The molecule has 0 aliphatic carbocycles. The van der Waals surface area contributed by atoms with Crippen LogP contribution in [0.15, 0.2) is 75.4 Å². The number of esters is 1. The van der Waals surface area contributed by atoms with E-state index in [2.05, 4.69) is 26.0 Å². The van der Waals surface area contributed by atoms with Gasteiger partial charge in [0.05, 0.1) is 23.8 Å². The molecule has 2 heterocycles. The molecule has 17 heteroatoms. The fraction of sp³-hybridized carbons (Fsp3) is 0.321. The minimum atomic E-state index is -4.63. The Hall–Kier alpha value is -3.53. The zero-order valence-corrected chi connectivity index (χ0v) is 26.0. The van der Waals surface area contributed by atoms with Gasteiger partial charge < -0.3 is 19.1 Å². The Morgan fingerprint density at radius 2 is 1.91 bits per heavy atom. The van der Waals surface area contributed by atoms with Crippen molar-refractivity contribution < 1.29 is 46.2 Å². The van der Waals surface area contributed by atoms with Crippen molar-refractivity contribution in [3.63, 3.8) is 0 Å². The number of aromatic nitrogens is 2. The maximum atomic E-state index is 13.8. The molecule has 0 radical (unpaired) electrons. The van der Waals surface area contributed by atoms with Crippen molar-refractivity contribution in [2.24, 2.45) is 0 Å². The summed E-state index contributed by atoms with van der Waals surface area (Å²) in [7, 11) is -4.56. The van der Waals surface area contributed by atoms with Crippen LogP contribution in [0.3, 0.4) is 0 Å². The predicted molar refractivity (Wildman–Crippen MR) is 158 cm³/mol. The molecule has 2 aromatic carbocycles. The molecular weight excluding hydrogens is 690 g/mol. The first-order valence-electron chi connectivity index (χ1n) is 13.3. The molecule has 3 N–H and O–H groups in total. The van der Waals surface area contributed by atoms with Gasteiger partial charge in [-0.05, 0) is 47.8 Å². The number of ether oxygens (including phenoxy) is 2. The van der Waals surface area contributed by atoms with E-state index in [-0.39, 0.29) is 24.3 Å². The van der Waals surface area contributed by atoms with Crippen LogP contribution in [-0.4, -0.2) is 45.5 Å². The number of nitrogens with one attached hydrogen (secondary N) is 2. The number of aliphatic hydroxyl groups excluding tert-OH is 1. The predicted octanol–water partition coefficient (Wildman–Crippen LogP) is 4.49.